The van der Waals surface area contributed by atoms with E-state index in [4.69, 9.17) is 10.5 Å². The highest BCUT2D eigenvalue weighted by atomic mass is 16.5. The fourth-order valence-corrected chi connectivity index (χ4v) is 1.67. The Balaban J connectivity index is 2.40. The third kappa shape index (κ3) is 3.47. The normalized spacial score (nSPS) is 19.9. The molecule has 88 valence electrons. The number of hydrogen-bond acceptors (Lipinski definition) is 3. The second-order valence-corrected chi connectivity index (χ2v) is 4.50. The Bertz CT molecular complexity index is 216. The van der Waals surface area contributed by atoms with E-state index in [0.717, 1.165) is 6.42 Å². The first kappa shape index (κ1) is 12.5. The quantitative estimate of drug-likeness (QED) is 0.639. The summed E-state index contributed by atoms with van der Waals surface area (Å²) in [6.07, 6.45) is 3.84. The molecule has 1 fully saturated rings. The van der Waals surface area contributed by atoms with Crippen LogP contribution in [0.4, 0.5) is 0 Å². The molecule has 0 bridgehead atoms. The molecule has 0 heterocycles. The molecule has 1 saturated carbocycles. The lowest BCUT2D eigenvalue weighted by atomic mass is 9.84. The number of carbonyl (C=O) groups is 1. The summed E-state index contributed by atoms with van der Waals surface area (Å²) < 4.78 is 5.47. The van der Waals surface area contributed by atoms with Crippen LogP contribution in [0.3, 0.4) is 0 Å². The minimum Gasteiger partial charge on any atom is -0.481 e. The molecule has 0 aliphatic heterocycles. The van der Waals surface area contributed by atoms with E-state index in [9.17, 15) is 9.90 Å². The van der Waals surface area contributed by atoms with Crippen molar-refractivity contribution < 1.29 is 14.6 Å². The largest absolute Gasteiger partial charge is 0.481 e. The maximum atomic E-state index is 11.2. The average molecular weight is 215 g/mol. The Labute approximate surface area is 90.8 Å². The van der Waals surface area contributed by atoms with E-state index in [0.29, 0.717) is 18.9 Å². The topological polar surface area (TPSA) is 72.5 Å². The smallest absolute Gasteiger partial charge is 0.313 e. The van der Waals surface area contributed by atoms with Crippen molar-refractivity contribution >= 4 is 5.97 Å². The Morgan fingerprint density at radius 2 is 2.27 bits per heavy atom. The van der Waals surface area contributed by atoms with Gasteiger partial charge in [-0.25, -0.2) is 0 Å². The number of ether oxygens (including phenoxy) is 1. The van der Waals surface area contributed by atoms with Crippen molar-refractivity contribution in [2.24, 2.45) is 17.1 Å². The van der Waals surface area contributed by atoms with Crippen LogP contribution in [0.2, 0.25) is 0 Å². The summed E-state index contributed by atoms with van der Waals surface area (Å²) in [5.41, 5.74) is 4.70. The van der Waals surface area contributed by atoms with Crippen LogP contribution in [0.1, 0.15) is 32.6 Å². The molecule has 4 nitrogen and oxygen atoms in total. The molecule has 0 aromatic heterocycles. The summed E-state index contributed by atoms with van der Waals surface area (Å²) in [4.78, 5) is 11.2. The van der Waals surface area contributed by atoms with Crippen molar-refractivity contribution in [2.75, 3.05) is 19.8 Å². The van der Waals surface area contributed by atoms with Crippen LogP contribution in [0.25, 0.3) is 0 Å². The van der Waals surface area contributed by atoms with Crippen molar-refractivity contribution in [3.05, 3.63) is 0 Å². The van der Waals surface area contributed by atoms with Gasteiger partial charge >= 0.3 is 5.97 Å². The third-order valence-electron chi connectivity index (χ3n) is 3.00. The van der Waals surface area contributed by atoms with Gasteiger partial charge in [0.05, 0.1) is 6.61 Å². The highest BCUT2D eigenvalue weighted by Gasteiger charge is 2.37. The molecular weight excluding hydrogens is 194 g/mol. The van der Waals surface area contributed by atoms with Gasteiger partial charge < -0.3 is 15.6 Å². The van der Waals surface area contributed by atoms with Gasteiger partial charge in [0.25, 0.3) is 0 Å². The van der Waals surface area contributed by atoms with Crippen molar-refractivity contribution in [1.29, 1.82) is 0 Å². The predicted octanol–water partition coefficient (Wildman–Crippen LogP) is 1.24. The minimum atomic E-state index is -0.871. The van der Waals surface area contributed by atoms with Gasteiger partial charge in [0.1, 0.15) is 5.41 Å². The first-order chi connectivity index (χ1) is 7.14. The molecule has 1 aliphatic rings. The van der Waals surface area contributed by atoms with Gasteiger partial charge in [0.15, 0.2) is 0 Å². The predicted molar refractivity (Wildman–Crippen MR) is 57.6 cm³/mol. The van der Waals surface area contributed by atoms with Gasteiger partial charge in [-0.3, -0.25) is 4.79 Å². The van der Waals surface area contributed by atoms with Gasteiger partial charge in [0.2, 0.25) is 0 Å². The standard InChI is InChI=1S/C11H21NO3/c1-2-5-11(7-12,10(13)14)8-15-6-9-3-4-9/h9H,2-8,12H2,1H3,(H,13,14). The molecule has 0 radical (unpaired) electrons. The lowest BCUT2D eigenvalue weighted by molar-refractivity contribution is -0.153. The Kier molecular flexibility index (Phi) is 4.54. The van der Waals surface area contributed by atoms with Gasteiger partial charge in [-0.15, -0.1) is 0 Å². The highest BCUT2D eigenvalue weighted by molar-refractivity contribution is 5.75. The molecule has 1 aliphatic carbocycles. The summed E-state index contributed by atoms with van der Waals surface area (Å²) in [6, 6.07) is 0. The van der Waals surface area contributed by atoms with E-state index < -0.39 is 11.4 Å². The van der Waals surface area contributed by atoms with Crippen LogP contribution in [-0.4, -0.2) is 30.8 Å². The Morgan fingerprint density at radius 3 is 2.67 bits per heavy atom. The number of aliphatic carboxylic acids is 1. The van der Waals surface area contributed by atoms with Crippen molar-refractivity contribution in [3.8, 4) is 0 Å². The number of carboxylic acids is 1. The second-order valence-electron chi connectivity index (χ2n) is 4.50. The third-order valence-corrected chi connectivity index (χ3v) is 3.00. The van der Waals surface area contributed by atoms with Crippen LogP contribution in [0.5, 0.6) is 0 Å². The summed E-state index contributed by atoms with van der Waals surface area (Å²) >= 11 is 0. The molecule has 0 aromatic rings. The summed E-state index contributed by atoms with van der Waals surface area (Å²) in [5.74, 6) is -0.168. The summed E-state index contributed by atoms with van der Waals surface area (Å²) in [6.45, 7) is 3.07. The zero-order valence-electron chi connectivity index (χ0n) is 9.37. The number of rotatable bonds is 8. The van der Waals surface area contributed by atoms with E-state index >= 15 is 0 Å². The van der Waals surface area contributed by atoms with E-state index in [1.54, 1.807) is 0 Å². The first-order valence-electron chi connectivity index (χ1n) is 5.66. The number of hydrogen-bond donors (Lipinski definition) is 2. The molecule has 4 heteroatoms. The molecule has 1 atom stereocenters. The van der Waals surface area contributed by atoms with E-state index in [-0.39, 0.29) is 13.2 Å². The van der Waals surface area contributed by atoms with Crippen LogP contribution in [0.15, 0.2) is 0 Å². The number of nitrogens with two attached hydrogens (primary N) is 1. The van der Waals surface area contributed by atoms with Crippen LogP contribution >= 0.6 is 0 Å². The molecule has 3 N–H and O–H groups in total. The molecular formula is C11H21NO3. The SMILES string of the molecule is CCCC(CN)(COCC1CC1)C(=O)O. The van der Waals surface area contributed by atoms with Crippen LogP contribution in [0, 0.1) is 11.3 Å². The van der Waals surface area contributed by atoms with Gasteiger partial charge in [-0.1, -0.05) is 13.3 Å². The molecule has 0 saturated heterocycles. The van der Waals surface area contributed by atoms with E-state index in [2.05, 4.69) is 0 Å². The minimum absolute atomic E-state index is 0.154. The molecule has 0 aromatic carbocycles. The zero-order chi connectivity index (χ0) is 11.3. The van der Waals surface area contributed by atoms with Crippen molar-refractivity contribution in [1.82, 2.24) is 0 Å². The number of carboxylic acid groups (broad SMARTS) is 1. The van der Waals surface area contributed by atoms with Crippen LogP contribution in [-0.2, 0) is 9.53 Å². The maximum Gasteiger partial charge on any atom is 0.313 e. The molecule has 15 heavy (non-hydrogen) atoms. The van der Waals surface area contributed by atoms with Gasteiger partial charge in [-0.2, -0.15) is 0 Å². The van der Waals surface area contributed by atoms with Crippen molar-refractivity contribution in [2.45, 2.75) is 32.6 Å². The molecule has 1 unspecified atom stereocenters. The van der Waals surface area contributed by atoms with Crippen LogP contribution < -0.4 is 5.73 Å². The lowest BCUT2D eigenvalue weighted by Crippen LogP contribution is -2.42. The van der Waals surface area contributed by atoms with E-state index in [1.165, 1.54) is 12.8 Å². The summed E-state index contributed by atoms with van der Waals surface area (Å²) in [5, 5.41) is 9.18. The zero-order valence-corrected chi connectivity index (χ0v) is 9.37. The Hall–Kier alpha value is -0.610. The second kappa shape index (κ2) is 5.47. The monoisotopic (exact) mass is 215 g/mol. The van der Waals surface area contributed by atoms with Crippen molar-refractivity contribution in [3.63, 3.8) is 0 Å². The average Bonchev–Trinajstić information content (AvgIpc) is 3.00. The fraction of sp³-hybridized carbons (Fsp3) is 0.909. The summed E-state index contributed by atoms with van der Waals surface area (Å²) in [7, 11) is 0. The molecule has 0 amide bonds. The fourth-order valence-electron chi connectivity index (χ4n) is 1.67. The first-order valence-corrected chi connectivity index (χ1v) is 5.66. The van der Waals surface area contributed by atoms with Gasteiger partial charge in [0, 0.05) is 13.2 Å². The lowest BCUT2D eigenvalue weighted by Gasteiger charge is -2.27. The van der Waals surface area contributed by atoms with Gasteiger partial charge in [-0.05, 0) is 25.2 Å². The molecule has 1 rings (SSSR count). The molecule has 0 spiro atoms. The maximum absolute atomic E-state index is 11.2. The van der Waals surface area contributed by atoms with E-state index in [1.807, 2.05) is 6.92 Å². The highest BCUT2D eigenvalue weighted by Crippen LogP contribution is 2.30. The Morgan fingerprint density at radius 1 is 1.60 bits per heavy atom.